The van der Waals surface area contributed by atoms with Crippen molar-refractivity contribution < 1.29 is 0 Å². The standard InChI is InChI=1S/C23H19N/c1-17-9-5-7-13-20(17)23-21-14-8-6-10-18(21)15-16-22(23)24-19-11-3-2-4-12-19/h2-16,24H,1H3. The van der Waals surface area contributed by atoms with Gasteiger partial charge in [0.15, 0.2) is 0 Å². The first-order chi connectivity index (χ1) is 11.8. The number of aryl methyl sites for hydroxylation is 1. The van der Waals surface area contributed by atoms with Crippen LogP contribution in [0, 0.1) is 6.92 Å². The smallest absolute Gasteiger partial charge is 0.0470 e. The van der Waals surface area contributed by atoms with Gasteiger partial charge in [0.1, 0.15) is 0 Å². The average Bonchev–Trinajstić information content (AvgIpc) is 2.63. The van der Waals surface area contributed by atoms with E-state index in [2.05, 4.69) is 97.2 Å². The first-order valence-corrected chi connectivity index (χ1v) is 8.23. The first kappa shape index (κ1) is 14.5. The van der Waals surface area contributed by atoms with Gasteiger partial charge in [-0.15, -0.1) is 0 Å². The second-order valence-corrected chi connectivity index (χ2v) is 6.02. The molecule has 4 aromatic carbocycles. The Kier molecular flexibility index (Phi) is 3.76. The van der Waals surface area contributed by atoms with Crippen molar-refractivity contribution in [3.8, 4) is 11.1 Å². The van der Waals surface area contributed by atoms with Crippen molar-refractivity contribution in [1.82, 2.24) is 0 Å². The van der Waals surface area contributed by atoms with Crippen molar-refractivity contribution in [3.05, 3.63) is 96.6 Å². The second kappa shape index (κ2) is 6.21. The van der Waals surface area contributed by atoms with Crippen molar-refractivity contribution in [2.45, 2.75) is 6.92 Å². The molecule has 0 radical (unpaired) electrons. The molecule has 1 N–H and O–H groups in total. The maximum absolute atomic E-state index is 3.59. The van der Waals surface area contributed by atoms with Crippen LogP contribution < -0.4 is 5.32 Å². The molecule has 0 aliphatic carbocycles. The number of rotatable bonds is 3. The molecule has 1 heteroatoms. The second-order valence-electron chi connectivity index (χ2n) is 6.02. The van der Waals surface area contributed by atoms with Gasteiger partial charge in [-0.1, -0.05) is 72.8 Å². The Morgan fingerprint density at radius 3 is 2.17 bits per heavy atom. The Morgan fingerprint density at radius 2 is 1.33 bits per heavy atom. The summed E-state index contributed by atoms with van der Waals surface area (Å²) in [5.41, 5.74) is 6.05. The van der Waals surface area contributed by atoms with E-state index in [1.54, 1.807) is 0 Å². The van der Waals surface area contributed by atoms with Crippen molar-refractivity contribution in [3.63, 3.8) is 0 Å². The summed E-state index contributed by atoms with van der Waals surface area (Å²) in [6.45, 7) is 2.17. The molecular formula is C23H19N. The van der Waals surface area contributed by atoms with Gasteiger partial charge in [0.25, 0.3) is 0 Å². The zero-order valence-corrected chi connectivity index (χ0v) is 13.7. The summed E-state index contributed by atoms with van der Waals surface area (Å²) in [4.78, 5) is 0. The molecule has 0 saturated heterocycles. The quantitative estimate of drug-likeness (QED) is 0.452. The Balaban J connectivity index is 1.97. The fraction of sp³-hybridized carbons (Fsp3) is 0.0435. The minimum Gasteiger partial charge on any atom is -0.355 e. The lowest BCUT2D eigenvalue weighted by Crippen LogP contribution is -1.95. The molecule has 0 aliphatic heterocycles. The van der Waals surface area contributed by atoms with Crippen LogP contribution in [0.5, 0.6) is 0 Å². The predicted octanol–water partition coefficient (Wildman–Crippen LogP) is 6.56. The third-order valence-electron chi connectivity index (χ3n) is 4.40. The van der Waals surface area contributed by atoms with Gasteiger partial charge >= 0.3 is 0 Å². The largest absolute Gasteiger partial charge is 0.355 e. The zero-order valence-electron chi connectivity index (χ0n) is 13.7. The molecule has 0 amide bonds. The predicted molar refractivity (Wildman–Crippen MR) is 104 cm³/mol. The van der Waals surface area contributed by atoms with Crippen LogP contribution in [0.15, 0.2) is 91.0 Å². The van der Waals surface area contributed by atoms with Crippen LogP contribution in [0.3, 0.4) is 0 Å². The van der Waals surface area contributed by atoms with Gasteiger partial charge in [-0.2, -0.15) is 0 Å². The molecule has 1 nitrogen and oxygen atoms in total. The molecule has 4 rings (SSSR count). The van der Waals surface area contributed by atoms with Gasteiger partial charge in [0, 0.05) is 16.9 Å². The topological polar surface area (TPSA) is 12.0 Å². The fourth-order valence-corrected chi connectivity index (χ4v) is 3.20. The molecule has 0 bridgehead atoms. The van der Waals surface area contributed by atoms with E-state index >= 15 is 0 Å². The molecule has 0 saturated carbocycles. The van der Waals surface area contributed by atoms with Gasteiger partial charge in [0.05, 0.1) is 0 Å². The van der Waals surface area contributed by atoms with Crippen LogP contribution >= 0.6 is 0 Å². The number of hydrogen-bond donors (Lipinski definition) is 1. The molecule has 0 unspecified atom stereocenters. The lowest BCUT2D eigenvalue weighted by atomic mass is 9.93. The molecule has 0 fully saturated rings. The van der Waals surface area contributed by atoms with E-state index in [9.17, 15) is 0 Å². The number of benzene rings is 4. The van der Waals surface area contributed by atoms with Gasteiger partial charge in [-0.05, 0) is 47.0 Å². The Hall–Kier alpha value is -3.06. The number of para-hydroxylation sites is 1. The number of anilines is 2. The maximum atomic E-state index is 3.59. The van der Waals surface area contributed by atoms with E-state index in [0.717, 1.165) is 11.4 Å². The molecular weight excluding hydrogens is 290 g/mol. The maximum Gasteiger partial charge on any atom is 0.0470 e. The number of nitrogens with one attached hydrogen (secondary N) is 1. The summed E-state index contributed by atoms with van der Waals surface area (Å²) in [5, 5.41) is 6.12. The molecule has 24 heavy (non-hydrogen) atoms. The Labute approximate surface area is 142 Å². The zero-order chi connectivity index (χ0) is 16.4. The summed E-state index contributed by atoms with van der Waals surface area (Å²) in [6, 6.07) is 31.8. The normalized spacial score (nSPS) is 10.7. The van der Waals surface area contributed by atoms with Gasteiger partial charge < -0.3 is 5.32 Å². The van der Waals surface area contributed by atoms with Crippen molar-refractivity contribution in [2.75, 3.05) is 5.32 Å². The Bertz CT molecular complexity index is 987. The SMILES string of the molecule is Cc1ccccc1-c1c(Nc2ccccc2)ccc2ccccc12. The highest BCUT2D eigenvalue weighted by Crippen LogP contribution is 2.38. The Morgan fingerprint density at radius 1 is 0.625 bits per heavy atom. The van der Waals surface area contributed by atoms with E-state index in [0.29, 0.717) is 0 Å². The highest BCUT2D eigenvalue weighted by Gasteiger charge is 2.12. The van der Waals surface area contributed by atoms with Crippen molar-refractivity contribution >= 4 is 22.1 Å². The molecule has 0 aromatic heterocycles. The summed E-state index contributed by atoms with van der Waals surface area (Å²) in [6.07, 6.45) is 0. The summed E-state index contributed by atoms with van der Waals surface area (Å²) in [5.74, 6) is 0. The van der Waals surface area contributed by atoms with Crippen LogP contribution in [0.4, 0.5) is 11.4 Å². The first-order valence-electron chi connectivity index (χ1n) is 8.23. The monoisotopic (exact) mass is 309 g/mol. The lowest BCUT2D eigenvalue weighted by Gasteiger charge is -2.17. The molecule has 116 valence electrons. The van der Waals surface area contributed by atoms with Crippen LogP contribution in [0.2, 0.25) is 0 Å². The highest BCUT2D eigenvalue weighted by molar-refractivity contribution is 6.04. The van der Waals surface area contributed by atoms with Gasteiger partial charge in [-0.25, -0.2) is 0 Å². The third-order valence-corrected chi connectivity index (χ3v) is 4.40. The highest BCUT2D eigenvalue weighted by atomic mass is 14.9. The fourth-order valence-electron chi connectivity index (χ4n) is 3.20. The van der Waals surface area contributed by atoms with Gasteiger partial charge in [0.2, 0.25) is 0 Å². The summed E-state index contributed by atoms with van der Waals surface area (Å²) in [7, 11) is 0. The van der Waals surface area contributed by atoms with Gasteiger partial charge in [-0.3, -0.25) is 0 Å². The molecule has 0 heterocycles. The van der Waals surface area contributed by atoms with Crippen molar-refractivity contribution in [2.24, 2.45) is 0 Å². The molecule has 0 atom stereocenters. The third kappa shape index (κ3) is 2.65. The van der Waals surface area contributed by atoms with Crippen LogP contribution in [0.25, 0.3) is 21.9 Å². The summed E-state index contributed by atoms with van der Waals surface area (Å²) < 4.78 is 0. The average molecular weight is 309 g/mol. The van der Waals surface area contributed by atoms with E-state index in [1.165, 1.54) is 27.5 Å². The van der Waals surface area contributed by atoms with E-state index in [1.807, 2.05) is 6.07 Å². The lowest BCUT2D eigenvalue weighted by molar-refractivity contribution is 1.46. The molecule has 4 aromatic rings. The van der Waals surface area contributed by atoms with E-state index in [-0.39, 0.29) is 0 Å². The van der Waals surface area contributed by atoms with Crippen LogP contribution in [-0.4, -0.2) is 0 Å². The van der Waals surface area contributed by atoms with E-state index in [4.69, 9.17) is 0 Å². The minimum absolute atomic E-state index is 1.10. The number of fused-ring (bicyclic) bond motifs is 1. The minimum atomic E-state index is 1.10. The molecule has 0 spiro atoms. The van der Waals surface area contributed by atoms with Crippen LogP contribution in [0.1, 0.15) is 5.56 Å². The molecule has 0 aliphatic rings. The van der Waals surface area contributed by atoms with Crippen LogP contribution in [-0.2, 0) is 0 Å². The summed E-state index contributed by atoms with van der Waals surface area (Å²) >= 11 is 0. The van der Waals surface area contributed by atoms with E-state index < -0.39 is 0 Å². The van der Waals surface area contributed by atoms with Crippen molar-refractivity contribution in [1.29, 1.82) is 0 Å². The number of hydrogen-bond acceptors (Lipinski definition) is 1.